The lowest BCUT2D eigenvalue weighted by atomic mass is 10.1. The third kappa shape index (κ3) is 3.68. The van der Waals surface area contributed by atoms with E-state index < -0.39 is 0 Å². The molecule has 0 fully saturated rings. The summed E-state index contributed by atoms with van der Waals surface area (Å²) in [5.41, 5.74) is 4.38. The van der Waals surface area contributed by atoms with Crippen molar-refractivity contribution in [1.82, 2.24) is 14.7 Å². The van der Waals surface area contributed by atoms with E-state index in [2.05, 4.69) is 5.10 Å². The van der Waals surface area contributed by atoms with E-state index in [1.807, 2.05) is 48.9 Å². The van der Waals surface area contributed by atoms with E-state index in [4.69, 9.17) is 21.1 Å². The Kier molecular flexibility index (Phi) is 5.20. The molecule has 1 aromatic heterocycles. The lowest BCUT2D eigenvalue weighted by Crippen LogP contribution is -2.27. The van der Waals surface area contributed by atoms with Crippen molar-refractivity contribution in [3.8, 4) is 17.2 Å². The molecular weight excluding hydrogens is 390 g/mol. The maximum atomic E-state index is 13.0. The summed E-state index contributed by atoms with van der Waals surface area (Å²) in [5.74, 6) is 0.854. The van der Waals surface area contributed by atoms with E-state index in [1.54, 1.807) is 24.1 Å². The molecule has 7 heteroatoms. The molecule has 0 unspecified atom stereocenters. The number of halogens is 1. The molecule has 0 radical (unpaired) electrons. The maximum Gasteiger partial charge on any atom is 0.254 e. The van der Waals surface area contributed by atoms with Gasteiger partial charge in [-0.15, -0.1) is 0 Å². The van der Waals surface area contributed by atoms with E-state index in [0.717, 1.165) is 22.6 Å². The molecule has 1 aliphatic rings. The first-order chi connectivity index (χ1) is 14.0. The average Bonchev–Trinajstić information content (AvgIpc) is 3.02. The van der Waals surface area contributed by atoms with Gasteiger partial charge in [0.25, 0.3) is 5.91 Å². The number of hydrogen-bond donors (Lipinski definition) is 0. The molecule has 0 aliphatic carbocycles. The summed E-state index contributed by atoms with van der Waals surface area (Å²) >= 11 is 6.29. The van der Waals surface area contributed by atoms with Gasteiger partial charge in [-0.2, -0.15) is 5.10 Å². The van der Waals surface area contributed by atoms with Crippen molar-refractivity contribution in [3.63, 3.8) is 0 Å². The summed E-state index contributed by atoms with van der Waals surface area (Å²) in [5, 5.41) is 5.04. The Morgan fingerprint density at radius 2 is 1.90 bits per heavy atom. The number of rotatable bonds is 4. The fourth-order valence-electron chi connectivity index (χ4n) is 3.49. The predicted octanol–water partition coefficient (Wildman–Crippen LogP) is 4.19. The number of aryl methyl sites for hydroxylation is 1. The Balaban J connectivity index is 1.59. The van der Waals surface area contributed by atoms with Gasteiger partial charge in [0.05, 0.1) is 16.4 Å². The molecular formula is C22H22ClN3O3. The van der Waals surface area contributed by atoms with Crippen LogP contribution in [0.4, 0.5) is 0 Å². The third-order valence-corrected chi connectivity index (χ3v) is 5.31. The van der Waals surface area contributed by atoms with Crippen LogP contribution in [-0.2, 0) is 6.54 Å². The van der Waals surface area contributed by atoms with Crippen LogP contribution >= 0.6 is 11.6 Å². The number of fused-ring (bicyclic) bond motifs is 1. The van der Waals surface area contributed by atoms with Crippen molar-refractivity contribution >= 4 is 17.5 Å². The first-order valence-corrected chi connectivity index (χ1v) is 9.78. The van der Waals surface area contributed by atoms with Gasteiger partial charge in [0.15, 0.2) is 11.5 Å². The molecule has 2 heterocycles. The van der Waals surface area contributed by atoms with Gasteiger partial charge in [0, 0.05) is 30.4 Å². The number of amides is 1. The summed E-state index contributed by atoms with van der Waals surface area (Å²) in [6.45, 7) is 5.30. The number of hydrogen-bond acceptors (Lipinski definition) is 4. The highest BCUT2D eigenvalue weighted by molar-refractivity contribution is 6.32. The molecule has 0 spiro atoms. The van der Waals surface area contributed by atoms with Crippen molar-refractivity contribution in [1.29, 1.82) is 0 Å². The van der Waals surface area contributed by atoms with Gasteiger partial charge in [-0.05, 0) is 38.1 Å². The third-order valence-electron chi connectivity index (χ3n) is 5.03. The number of benzene rings is 2. The van der Waals surface area contributed by atoms with Crippen LogP contribution in [0.15, 0.2) is 42.5 Å². The van der Waals surface area contributed by atoms with E-state index in [0.29, 0.717) is 41.8 Å². The topological polar surface area (TPSA) is 56.6 Å². The second kappa shape index (κ2) is 7.79. The smallest absolute Gasteiger partial charge is 0.254 e. The van der Waals surface area contributed by atoms with Gasteiger partial charge < -0.3 is 14.4 Å². The Labute approximate surface area is 174 Å². The molecule has 1 amide bonds. The van der Waals surface area contributed by atoms with E-state index in [1.165, 1.54) is 0 Å². The van der Waals surface area contributed by atoms with Crippen molar-refractivity contribution in [2.45, 2.75) is 20.4 Å². The highest BCUT2D eigenvalue weighted by Crippen LogP contribution is 2.38. The summed E-state index contributed by atoms with van der Waals surface area (Å²) in [6.07, 6.45) is 0. The molecule has 0 N–H and O–H groups in total. The van der Waals surface area contributed by atoms with E-state index in [9.17, 15) is 4.79 Å². The fraction of sp³-hybridized carbons (Fsp3) is 0.273. The Bertz CT molecular complexity index is 1060. The van der Waals surface area contributed by atoms with Crippen LogP contribution in [-0.4, -0.2) is 40.8 Å². The molecule has 0 saturated carbocycles. The Morgan fingerprint density at radius 3 is 2.66 bits per heavy atom. The lowest BCUT2D eigenvalue weighted by Gasteiger charge is -2.22. The molecule has 0 atom stereocenters. The number of nitrogens with zero attached hydrogens (tertiary/aromatic N) is 3. The number of ether oxygens (including phenoxy) is 2. The van der Waals surface area contributed by atoms with Crippen LogP contribution in [0.1, 0.15) is 27.3 Å². The average molecular weight is 412 g/mol. The van der Waals surface area contributed by atoms with Gasteiger partial charge >= 0.3 is 0 Å². The molecule has 2 aromatic carbocycles. The number of para-hydroxylation sites is 1. The Morgan fingerprint density at radius 1 is 1.17 bits per heavy atom. The Hall–Kier alpha value is -2.99. The lowest BCUT2D eigenvalue weighted by molar-refractivity contribution is 0.0783. The minimum atomic E-state index is -0.143. The quantitative estimate of drug-likeness (QED) is 0.646. The highest BCUT2D eigenvalue weighted by Gasteiger charge is 2.22. The molecule has 3 aromatic rings. The van der Waals surface area contributed by atoms with Crippen molar-refractivity contribution in [2.75, 3.05) is 20.3 Å². The maximum absolute atomic E-state index is 13.0. The monoisotopic (exact) mass is 411 g/mol. The van der Waals surface area contributed by atoms with Gasteiger partial charge in [-0.25, -0.2) is 4.68 Å². The van der Waals surface area contributed by atoms with Crippen LogP contribution in [0.3, 0.4) is 0 Å². The predicted molar refractivity (Wildman–Crippen MR) is 111 cm³/mol. The SMILES string of the molecule is Cc1nn(-c2ccccc2)c(C)c1CN(C)C(=O)c1cc(Cl)c2c(c1)OCCO2. The first-order valence-electron chi connectivity index (χ1n) is 9.41. The zero-order valence-corrected chi connectivity index (χ0v) is 17.4. The van der Waals surface area contributed by atoms with Gasteiger partial charge in [-0.1, -0.05) is 29.8 Å². The summed E-state index contributed by atoms with van der Waals surface area (Å²) < 4.78 is 13.0. The number of aromatic nitrogens is 2. The van der Waals surface area contributed by atoms with Crippen LogP contribution in [0.25, 0.3) is 5.69 Å². The first kappa shape index (κ1) is 19.3. The van der Waals surface area contributed by atoms with E-state index in [-0.39, 0.29) is 5.91 Å². The number of carbonyl (C=O) groups excluding carboxylic acids is 1. The van der Waals surface area contributed by atoms with Crippen LogP contribution in [0, 0.1) is 13.8 Å². The molecule has 150 valence electrons. The van der Waals surface area contributed by atoms with E-state index >= 15 is 0 Å². The molecule has 4 rings (SSSR count). The zero-order valence-electron chi connectivity index (χ0n) is 16.6. The van der Waals surface area contributed by atoms with Crippen molar-refractivity contribution < 1.29 is 14.3 Å². The molecule has 29 heavy (non-hydrogen) atoms. The summed E-state index contributed by atoms with van der Waals surface area (Å²) in [4.78, 5) is 14.7. The summed E-state index contributed by atoms with van der Waals surface area (Å²) in [7, 11) is 1.77. The van der Waals surface area contributed by atoms with Crippen molar-refractivity contribution in [3.05, 3.63) is 70.0 Å². The van der Waals surface area contributed by atoms with Gasteiger partial charge in [0.2, 0.25) is 0 Å². The van der Waals surface area contributed by atoms with Crippen molar-refractivity contribution in [2.24, 2.45) is 0 Å². The van der Waals surface area contributed by atoms with Crippen LogP contribution in [0.5, 0.6) is 11.5 Å². The van der Waals surface area contributed by atoms with Crippen LogP contribution < -0.4 is 9.47 Å². The van der Waals surface area contributed by atoms with Gasteiger partial charge in [0.1, 0.15) is 13.2 Å². The number of carbonyl (C=O) groups is 1. The second-order valence-corrected chi connectivity index (χ2v) is 7.45. The van der Waals surface area contributed by atoms with Crippen LogP contribution in [0.2, 0.25) is 5.02 Å². The summed E-state index contributed by atoms with van der Waals surface area (Å²) in [6, 6.07) is 13.3. The molecule has 6 nitrogen and oxygen atoms in total. The molecule has 1 aliphatic heterocycles. The highest BCUT2D eigenvalue weighted by atomic mass is 35.5. The fourth-order valence-corrected chi connectivity index (χ4v) is 3.75. The molecule has 0 bridgehead atoms. The zero-order chi connectivity index (χ0) is 20.5. The second-order valence-electron chi connectivity index (χ2n) is 7.04. The minimum absolute atomic E-state index is 0.143. The largest absolute Gasteiger partial charge is 0.486 e. The molecule has 0 saturated heterocycles. The minimum Gasteiger partial charge on any atom is -0.486 e. The standard InChI is InChI=1S/C22H22ClN3O3/c1-14-18(15(2)26(24-14)17-7-5-4-6-8-17)13-25(3)22(27)16-11-19(23)21-20(12-16)28-9-10-29-21/h4-8,11-12H,9-10,13H2,1-3H3. The normalized spacial score (nSPS) is 12.7. The van der Waals surface area contributed by atoms with Gasteiger partial charge in [-0.3, -0.25) is 4.79 Å².